The van der Waals surface area contributed by atoms with Crippen LogP contribution in [0.15, 0.2) is 82.2 Å². The average molecular weight is 558 g/mol. The molecule has 1 heterocycles. The number of amides is 1. The first kappa shape index (κ1) is 27.9. The molecule has 6 N–H and O–H groups in total. The molecule has 9 heteroatoms. The number of carbonyl (C=O) groups is 1. The number of amidine groups is 1. The molecule has 1 fully saturated rings. The van der Waals surface area contributed by atoms with Crippen molar-refractivity contribution in [2.45, 2.75) is 56.3 Å². The second kappa shape index (κ2) is 12.7. The first-order valence-electron chi connectivity index (χ1n) is 13.6. The molecule has 8 nitrogen and oxygen atoms in total. The zero-order valence-corrected chi connectivity index (χ0v) is 23.4. The fourth-order valence-electron chi connectivity index (χ4n) is 4.64. The van der Waals surface area contributed by atoms with Gasteiger partial charge < -0.3 is 16.6 Å². The van der Waals surface area contributed by atoms with Gasteiger partial charge in [0, 0.05) is 40.7 Å². The summed E-state index contributed by atoms with van der Waals surface area (Å²) in [4.78, 5) is 25.2. The van der Waals surface area contributed by atoms with E-state index in [0.29, 0.717) is 29.7 Å². The molecule has 5 rings (SSSR count). The Morgan fingerprint density at radius 2 is 1.88 bits per heavy atom. The number of aliphatic hydroxyl groups excluding tert-OH is 1. The molecule has 40 heavy (non-hydrogen) atoms. The molecule has 0 radical (unpaired) electrons. The number of hydrogen-bond donors (Lipinski definition) is 4. The predicted octanol–water partition coefficient (Wildman–Crippen LogP) is 5.20. The van der Waals surface area contributed by atoms with Crippen LogP contribution in [0.2, 0.25) is 0 Å². The van der Waals surface area contributed by atoms with E-state index in [1.165, 1.54) is 5.06 Å². The molecule has 0 saturated heterocycles. The van der Waals surface area contributed by atoms with Crippen molar-refractivity contribution in [3.05, 3.63) is 83.4 Å². The average Bonchev–Trinajstić information content (AvgIpc) is 3.11. The Morgan fingerprint density at radius 3 is 2.62 bits per heavy atom. The highest BCUT2D eigenvalue weighted by atomic mass is 32.2. The molecule has 1 aliphatic heterocycles. The van der Waals surface area contributed by atoms with Crippen LogP contribution in [0, 0.1) is 0 Å². The lowest BCUT2D eigenvalue weighted by molar-refractivity contribution is -0.187. The molecule has 3 aromatic rings. The normalized spacial score (nSPS) is 18.1. The van der Waals surface area contributed by atoms with Gasteiger partial charge in [-0.25, -0.2) is 10.1 Å². The summed E-state index contributed by atoms with van der Waals surface area (Å²) < 4.78 is 3.42. The lowest BCUT2D eigenvalue weighted by Gasteiger charge is -2.31. The number of carbonyl (C=O) groups excluding carboxylic acids is 1. The first-order valence-corrected chi connectivity index (χ1v) is 14.4. The number of benzene rings is 3. The molecular weight excluding hydrogens is 522 g/mol. The molecule has 0 spiro atoms. The molecule has 0 unspecified atom stereocenters. The minimum atomic E-state index is -0.219. The quantitative estimate of drug-likeness (QED) is 0.153. The van der Waals surface area contributed by atoms with Gasteiger partial charge in [-0.15, -0.1) is 0 Å². The van der Waals surface area contributed by atoms with Crippen molar-refractivity contribution < 1.29 is 14.7 Å². The largest absolute Gasteiger partial charge is 0.399 e. The molecule has 0 atom stereocenters. The maximum Gasteiger partial charge on any atom is 0.273 e. The van der Waals surface area contributed by atoms with Crippen molar-refractivity contribution in [1.29, 1.82) is 0 Å². The predicted molar refractivity (Wildman–Crippen MR) is 161 cm³/mol. The number of anilines is 1. The summed E-state index contributed by atoms with van der Waals surface area (Å²) in [5.41, 5.74) is 17.8. The summed E-state index contributed by atoms with van der Waals surface area (Å²) >= 11 is 1.58. The highest BCUT2D eigenvalue weighted by Gasteiger charge is 2.27. The fraction of sp³-hybridized carbons (Fsp3) is 0.290. The number of nitrogens with two attached hydrogens (primary N) is 2. The van der Waals surface area contributed by atoms with Crippen LogP contribution in [0.4, 0.5) is 11.4 Å². The molecule has 208 valence electrons. The number of hydroxylamine groups is 2. The van der Waals surface area contributed by atoms with E-state index in [0.717, 1.165) is 52.1 Å². The van der Waals surface area contributed by atoms with Crippen molar-refractivity contribution in [2.75, 3.05) is 12.3 Å². The minimum Gasteiger partial charge on any atom is -0.399 e. The SMILES string of the molecule is CCCN(OCc1ccc(N)cc1)C(=O)C1=Cc2ccc(-c3cccc(SNC4CC(O)C4)c3)cc2N=C(N)C1. The van der Waals surface area contributed by atoms with Crippen LogP contribution in [0.25, 0.3) is 17.2 Å². The van der Waals surface area contributed by atoms with Crippen LogP contribution in [0.3, 0.4) is 0 Å². The molecular formula is C31H35N5O3S. The molecule has 1 amide bonds. The fourth-order valence-corrected chi connectivity index (χ4v) is 5.46. The standard InChI is InChI=1S/C31H35N5O3S/c1-2-12-36(39-19-20-6-10-25(32)11-7-20)31(38)24-13-23-9-8-22(15-29(23)34-30(33)16-24)21-4-3-5-28(14-21)40-35-26-17-27(37)18-26/h3-11,13-15,26-27,35,37H,2,12,16-19,32H2,1H3,(H2,33,34). The zero-order valence-electron chi connectivity index (χ0n) is 22.5. The number of nitrogens with one attached hydrogen (secondary N) is 1. The van der Waals surface area contributed by atoms with E-state index in [1.54, 1.807) is 11.9 Å². The summed E-state index contributed by atoms with van der Waals surface area (Å²) in [6.45, 7) is 2.72. The van der Waals surface area contributed by atoms with E-state index in [1.807, 2.05) is 61.5 Å². The van der Waals surface area contributed by atoms with Gasteiger partial charge in [0.2, 0.25) is 0 Å². The molecule has 0 aromatic heterocycles. The van der Waals surface area contributed by atoms with Crippen LogP contribution in [-0.2, 0) is 16.2 Å². The van der Waals surface area contributed by atoms with Crippen LogP contribution in [-0.4, -0.2) is 40.6 Å². The lowest BCUT2D eigenvalue weighted by atomic mass is 9.91. The van der Waals surface area contributed by atoms with E-state index in [4.69, 9.17) is 16.3 Å². The summed E-state index contributed by atoms with van der Waals surface area (Å²) in [5, 5.41) is 10.9. The Kier molecular flexibility index (Phi) is 8.86. The lowest BCUT2D eigenvalue weighted by Crippen LogP contribution is -2.41. The van der Waals surface area contributed by atoms with Gasteiger partial charge in [0.25, 0.3) is 5.91 Å². The highest BCUT2D eigenvalue weighted by Crippen LogP contribution is 2.34. The van der Waals surface area contributed by atoms with Crippen LogP contribution in [0.1, 0.15) is 43.7 Å². The van der Waals surface area contributed by atoms with E-state index >= 15 is 0 Å². The number of aliphatic hydroxyl groups is 1. The van der Waals surface area contributed by atoms with Crippen molar-refractivity contribution in [1.82, 2.24) is 9.79 Å². The van der Waals surface area contributed by atoms with E-state index in [9.17, 15) is 9.90 Å². The van der Waals surface area contributed by atoms with Crippen molar-refractivity contribution in [2.24, 2.45) is 10.7 Å². The Morgan fingerprint density at radius 1 is 1.10 bits per heavy atom. The number of nitrogen functional groups attached to an aromatic ring is 1. The monoisotopic (exact) mass is 557 g/mol. The van der Waals surface area contributed by atoms with Gasteiger partial charge in [-0.05, 0) is 84.3 Å². The Hall–Kier alpha value is -3.63. The summed E-state index contributed by atoms with van der Waals surface area (Å²) in [7, 11) is 0. The van der Waals surface area contributed by atoms with Crippen LogP contribution >= 0.6 is 11.9 Å². The third-order valence-corrected chi connectivity index (χ3v) is 7.86. The highest BCUT2D eigenvalue weighted by molar-refractivity contribution is 7.97. The van der Waals surface area contributed by atoms with Gasteiger partial charge in [-0.1, -0.05) is 43.3 Å². The first-order chi connectivity index (χ1) is 19.4. The number of hydrogen-bond acceptors (Lipinski definition) is 8. The topological polar surface area (TPSA) is 126 Å². The maximum absolute atomic E-state index is 13.5. The second-order valence-electron chi connectivity index (χ2n) is 10.2. The molecule has 3 aromatic carbocycles. The Balaban J connectivity index is 1.32. The Labute approximate surface area is 239 Å². The van der Waals surface area contributed by atoms with Crippen LogP contribution < -0.4 is 16.2 Å². The maximum atomic E-state index is 13.5. The number of aliphatic imine (C=N–C) groups is 1. The number of rotatable bonds is 10. The van der Waals surface area contributed by atoms with Gasteiger partial charge in [-0.3, -0.25) is 14.4 Å². The summed E-state index contributed by atoms with van der Waals surface area (Å²) in [6.07, 6.45) is 4.25. The van der Waals surface area contributed by atoms with Crippen molar-refractivity contribution in [3.8, 4) is 11.1 Å². The summed E-state index contributed by atoms with van der Waals surface area (Å²) in [6, 6.07) is 22.1. The van der Waals surface area contributed by atoms with Gasteiger partial charge in [0.15, 0.2) is 0 Å². The van der Waals surface area contributed by atoms with Crippen molar-refractivity contribution >= 4 is 41.1 Å². The van der Waals surface area contributed by atoms with Gasteiger partial charge in [0.05, 0.1) is 11.8 Å². The van der Waals surface area contributed by atoms with Gasteiger partial charge in [-0.2, -0.15) is 0 Å². The summed E-state index contributed by atoms with van der Waals surface area (Å²) in [5.74, 6) is 0.158. The van der Waals surface area contributed by atoms with E-state index in [-0.39, 0.29) is 25.0 Å². The smallest absolute Gasteiger partial charge is 0.273 e. The zero-order chi connectivity index (χ0) is 28.1. The molecule has 2 aliphatic rings. The van der Waals surface area contributed by atoms with E-state index in [2.05, 4.69) is 27.9 Å². The van der Waals surface area contributed by atoms with Crippen molar-refractivity contribution in [3.63, 3.8) is 0 Å². The third-order valence-electron chi connectivity index (χ3n) is 6.91. The van der Waals surface area contributed by atoms with E-state index < -0.39 is 0 Å². The Bertz CT molecular complexity index is 1420. The van der Waals surface area contributed by atoms with Gasteiger partial charge in [0.1, 0.15) is 12.4 Å². The molecule has 1 saturated carbocycles. The number of fused-ring (bicyclic) bond motifs is 1. The van der Waals surface area contributed by atoms with Gasteiger partial charge >= 0.3 is 0 Å². The number of nitrogens with zero attached hydrogens (tertiary/aromatic N) is 2. The molecule has 0 bridgehead atoms. The third kappa shape index (κ3) is 6.92. The minimum absolute atomic E-state index is 0.182. The van der Waals surface area contributed by atoms with Crippen LogP contribution in [0.5, 0.6) is 0 Å². The second-order valence-corrected chi connectivity index (χ2v) is 11.1. The molecule has 1 aliphatic carbocycles.